The van der Waals surface area contributed by atoms with Crippen LogP contribution in [0.3, 0.4) is 0 Å². The van der Waals surface area contributed by atoms with Gasteiger partial charge in [-0.2, -0.15) is 5.21 Å². The minimum absolute atomic E-state index is 0.288. The standard InChI is InChI=1S/C9H10ClN5/c10-7-4-2-1-3-6(7)5-8(11)9-12-14-15-13-9/h1-4,8H,5,11H2,(H,12,13,14,15)/t8-/m0/s1. The summed E-state index contributed by atoms with van der Waals surface area (Å²) >= 11 is 6.01. The van der Waals surface area contributed by atoms with E-state index in [-0.39, 0.29) is 6.04 Å². The number of rotatable bonds is 3. The van der Waals surface area contributed by atoms with E-state index < -0.39 is 0 Å². The topological polar surface area (TPSA) is 80.5 Å². The van der Waals surface area contributed by atoms with Gasteiger partial charge < -0.3 is 5.73 Å². The first kappa shape index (κ1) is 10.1. The molecule has 6 heteroatoms. The minimum Gasteiger partial charge on any atom is -0.321 e. The Morgan fingerprint density at radius 1 is 1.40 bits per heavy atom. The summed E-state index contributed by atoms with van der Waals surface area (Å²) in [6, 6.07) is 7.28. The summed E-state index contributed by atoms with van der Waals surface area (Å²) in [4.78, 5) is 0. The SMILES string of the molecule is N[C@@H](Cc1ccccc1Cl)c1nn[nH]n1. The molecule has 0 aliphatic carbocycles. The highest BCUT2D eigenvalue weighted by atomic mass is 35.5. The van der Waals surface area contributed by atoms with Crippen molar-refractivity contribution in [3.05, 3.63) is 40.7 Å². The first-order valence-corrected chi connectivity index (χ1v) is 4.87. The van der Waals surface area contributed by atoms with Gasteiger partial charge >= 0.3 is 0 Å². The summed E-state index contributed by atoms with van der Waals surface area (Å²) in [5.74, 6) is 0.495. The van der Waals surface area contributed by atoms with Crippen LogP contribution >= 0.6 is 11.6 Å². The van der Waals surface area contributed by atoms with Crippen molar-refractivity contribution in [1.82, 2.24) is 20.6 Å². The Labute approximate surface area is 91.6 Å². The lowest BCUT2D eigenvalue weighted by molar-refractivity contribution is 0.669. The molecular formula is C9H10ClN5. The largest absolute Gasteiger partial charge is 0.321 e. The number of hydrogen-bond acceptors (Lipinski definition) is 4. The predicted octanol–water partition coefficient (Wildman–Crippen LogP) is 1.10. The Morgan fingerprint density at radius 2 is 2.20 bits per heavy atom. The molecule has 0 amide bonds. The summed E-state index contributed by atoms with van der Waals surface area (Å²) < 4.78 is 0. The molecule has 1 aromatic carbocycles. The van der Waals surface area contributed by atoms with E-state index in [1.54, 1.807) is 0 Å². The summed E-state index contributed by atoms with van der Waals surface area (Å²) in [5.41, 5.74) is 6.88. The maximum atomic E-state index is 6.01. The summed E-state index contributed by atoms with van der Waals surface area (Å²) in [5, 5.41) is 14.2. The molecule has 0 saturated carbocycles. The number of benzene rings is 1. The molecule has 0 unspecified atom stereocenters. The molecule has 0 aliphatic heterocycles. The van der Waals surface area contributed by atoms with Crippen LogP contribution in [0.1, 0.15) is 17.4 Å². The maximum Gasteiger partial charge on any atom is 0.191 e. The van der Waals surface area contributed by atoms with Gasteiger partial charge in [-0.25, -0.2) is 0 Å². The maximum absolute atomic E-state index is 6.01. The monoisotopic (exact) mass is 223 g/mol. The lowest BCUT2D eigenvalue weighted by atomic mass is 10.1. The van der Waals surface area contributed by atoms with Crippen LogP contribution in [0.25, 0.3) is 0 Å². The number of halogens is 1. The fraction of sp³-hybridized carbons (Fsp3) is 0.222. The third-order valence-corrected chi connectivity index (χ3v) is 2.46. The second kappa shape index (κ2) is 4.37. The fourth-order valence-corrected chi connectivity index (χ4v) is 1.53. The van der Waals surface area contributed by atoms with Crippen molar-refractivity contribution in [3.8, 4) is 0 Å². The first-order chi connectivity index (χ1) is 7.27. The molecule has 1 atom stereocenters. The Kier molecular flexibility index (Phi) is 2.94. The quantitative estimate of drug-likeness (QED) is 0.817. The molecule has 2 aromatic rings. The number of aromatic nitrogens is 4. The van der Waals surface area contributed by atoms with Gasteiger partial charge in [0.25, 0.3) is 0 Å². The second-order valence-electron chi connectivity index (χ2n) is 3.17. The minimum atomic E-state index is -0.288. The molecule has 0 fully saturated rings. The van der Waals surface area contributed by atoms with E-state index >= 15 is 0 Å². The summed E-state index contributed by atoms with van der Waals surface area (Å²) in [7, 11) is 0. The number of aromatic amines is 1. The Hall–Kier alpha value is -1.46. The Morgan fingerprint density at radius 3 is 2.87 bits per heavy atom. The van der Waals surface area contributed by atoms with Crippen LogP contribution in [0.15, 0.2) is 24.3 Å². The van der Waals surface area contributed by atoms with Crippen LogP contribution in [-0.4, -0.2) is 20.6 Å². The van der Waals surface area contributed by atoms with Crippen molar-refractivity contribution < 1.29 is 0 Å². The van der Waals surface area contributed by atoms with Gasteiger partial charge in [-0.15, -0.1) is 10.2 Å². The van der Waals surface area contributed by atoms with E-state index in [0.717, 1.165) is 5.56 Å². The van der Waals surface area contributed by atoms with Crippen molar-refractivity contribution in [2.24, 2.45) is 5.73 Å². The number of tetrazole rings is 1. The smallest absolute Gasteiger partial charge is 0.191 e. The Bertz CT molecular complexity index is 428. The van der Waals surface area contributed by atoms with Gasteiger partial charge in [0.2, 0.25) is 0 Å². The van der Waals surface area contributed by atoms with Crippen LogP contribution in [-0.2, 0) is 6.42 Å². The average molecular weight is 224 g/mol. The second-order valence-corrected chi connectivity index (χ2v) is 3.58. The van der Waals surface area contributed by atoms with Gasteiger partial charge in [0.1, 0.15) is 0 Å². The van der Waals surface area contributed by atoms with Gasteiger partial charge in [0, 0.05) is 5.02 Å². The molecule has 0 bridgehead atoms. The van der Waals surface area contributed by atoms with Crippen LogP contribution < -0.4 is 5.73 Å². The van der Waals surface area contributed by atoms with E-state index in [2.05, 4.69) is 20.6 Å². The van der Waals surface area contributed by atoms with Crippen LogP contribution in [0, 0.1) is 0 Å². The van der Waals surface area contributed by atoms with Crippen LogP contribution in [0.4, 0.5) is 0 Å². The fourth-order valence-electron chi connectivity index (χ4n) is 1.32. The van der Waals surface area contributed by atoms with Crippen molar-refractivity contribution in [1.29, 1.82) is 0 Å². The lowest BCUT2D eigenvalue weighted by Gasteiger charge is -2.08. The molecule has 78 valence electrons. The van der Waals surface area contributed by atoms with Gasteiger partial charge in [0.15, 0.2) is 5.82 Å². The van der Waals surface area contributed by atoms with Crippen LogP contribution in [0.2, 0.25) is 5.02 Å². The van der Waals surface area contributed by atoms with E-state index in [1.165, 1.54) is 0 Å². The lowest BCUT2D eigenvalue weighted by Crippen LogP contribution is -2.15. The molecular weight excluding hydrogens is 214 g/mol. The average Bonchev–Trinajstić information content (AvgIpc) is 2.74. The number of H-pyrrole nitrogens is 1. The summed E-state index contributed by atoms with van der Waals surface area (Å²) in [6.07, 6.45) is 0.596. The van der Waals surface area contributed by atoms with E-state index in [9.17, 15) is 0 Å². The van der Waals surface area contributed by atoms with Gasteiger partial charge in [-0.1, -0.05) is 35.0 Å². The van der Waals surface area contributed by atoms with Crippen LogP contribution in [0.5, 0.6) is 0 Å². The van der Waals surface area contributed by atoms with Gasteiger partial charge in [0.05, 0.1) is 6.04 Å². The van der Waals surface area contributed by atoms with Gasteiger partial charge in [-0.3, -0.25) is 0 Å². The third kappa shape index (κ3) is 2.31. The molecule has 0 saturated heterocycles. The molecule has 15 heavy (non-hydrogen) atoms. The van der Waals surface area contributed by atoms with Crippen molar-refractivity contribution in [2.75, 3.05) is 0 Å². The van der Waals surface area contributed by atoms with Crippen molar-refractivity contribution >= 4 is 11.6 Å². The predicted molar refractivity (Wildman–Crippen MR) is 56.3 cm³/mol. The van der Waals surface area contributed by atoms with Gasteiger partial charge in [-0.05, 0) is 18.1 Å². The van der Waals surface area contributed by atoms with Crippen molar-refractivity contribution in [3.63, 3.8) is 0 Å². The molecule has 0 radical (unpaired) electrons. The first-order valence-electron chi connectivity index (χ1n) is 4.49. The third-order valence-electron chi connectivity index (χ3n) is 2.09. The van der Waals surface area contributed by atoms with Crippen molar-refractivity contribution in [2.45, 2.75) is 12.5 Å². The highest BCUT2D eigenvalue weighted by Crippen LogP contribution is 2.19. The Balaban J connectivity index is 2.13. The molecule has 1 aromatic heterocycles. The van der Waals surface area contributed by atoms with E-state index in [0.29, 0.717) is 17.3 Å². The molecule has 0 spiro atoms. The highest BCUT2D eigenvalue weighted by molar-refractivity contribution is 6.31. The zero-order valence-electron chi connectivity index (χ0n) is 7.89. The summed E-state index contributed by atoms with van der Waals surface area (Å²) in [6.45, 7) is 0. The zero-order valence-corrected chi connectivity index (χ0v) is 8.65. The number of nitrogens with two attached hydrogens (primary N) is 1. The molecule has 5 nitrogen and oxygen atoms in total. The van der Waals surface area contributed by atoms with E-state index in [4.69, 9.17) is 17.3 Å². The molecule has 1 heterocycles. The zero-order chi connectivity index (χ0) is 10.7. The van der Waals surface area contributed by atoms with E-state index in [1.807, 2.05) is 24.3 Å². The normalized spacial score (nSPS) is 12.7. The molecule has 2 rings (SSSR count). The highest BCUT2D eigenvalue weighted by Gasteiger charge is 2.12. The number of nitrogens with one attached hydrogen (secondary N) is 1. The molecule has 0 aliphatic rings. The number of nitrogens with zero attached hydrogens (tertiary/aromatic N) is 3. The number of hydrogen-bond donors (Lipinski definition) is 2. The molecule has 3 N–H and O–H groups in total.